The van der Waals surface area contributed by atoms with Crippen LogP contribution < -0.4 is 0 Å². The molecule has 84 valence electrons. The van der Waals surface area contributed by atoms with Crippen molar-refractivity contribution in [2.75, 3.05) is 0 Å². The number of aliphatic hydroxyl groups is 1. The Hall–Kier alpha value is -1.75. The van der Waals surface area contributed by atoms with Crippen molar-refractivity contribution >= 4 is 0 Å². The minimum absolute atomic E-state index is 0.259. The van der Waals surface area contributed by atoms with E-state index in [1.54, 1.807) is 36.1 Å². The number of rotatable bonds is 3. The van der Waals surface area contributed by atoms with Gasteiger partial charge >= 0.3 is 0 Å². The van der Waals surface area contributed by atoms with Crippen LogP contribution in [-0.2, 0) is 13.5 Å². The summed E-state index contributed by atoms with van der Waals surface area (Å²) >= 11 is 0. The Morgan fingerprint density at radius 2 is 2.19 bits per heavy atom. The highest BCUT2D eigenvalue weighted by atomic mass is 19.1. The van der Waals surface area contributed by atoms with E-state index >= 15 is 0 Å². The molecule has 1 heterocycles. The third-order valence-corrected chi connectivity index (χ3v) is 2.32. The van der Waals surface area contributed by atoms with Gasteiger partial charge in [-0.05, 0) is 6.07 Å². The van der Waals surface area contributed by atoms with E-state index in [0.717, 1.165) is 0 Å². The first-order valence-corrected chi connectivity index (χ1v) is 4.94. The van der Waals surface area contributed by atoms with Gasteiger partial charge in [-0.25, -0.2) is 4.39 Å². The van der Waals surface area contributed by atoms with Gasteiger partial charge in [-0.3, -0.25) is 4.68 Å². The average Bonchev–Trinajstić information content (AvgIpc) is 2.64. The van der Waals surface area contributed by atoms with Gasteiger partial charge in [0.2, 0.25) is 0 Å². The molecule has 1 unspecified atom stereocenters. The molecule has 4 nitrogen and oxygen atoms in total. The maximum atomic E-state index is 13.3. The lowest BCUT2D eigenvalue weighted by Gasteiger charge is -2.09. The maximum absolute atomic E-state index is 13.3. The highest BCUT2D eigenvalue weighted by Crippen LogP contribution is 2.19. The van der Waals surface area contributed by atoms with Crippen molar-refractivity contribution in [1.29, 1.82) is 0 Å². The van der Waals surface area contributed by atoms with Crippen LogP contribution in [0.2, 0.25) is 0 Å². The molecule has 0 aliphatic carbocycles. The van der Waals surface area contributed by atoms with Crippen molar-refractivity contribution in [2.24, 2.45) is 7.05 Å². The summed E-state index contributed by atoms with van der Waals surface area (Å²) in [4.78, 5) is 0. The Labute approximate surface area is 92.3 Å². The first-order chi connectivity index (χ1) is 7.66. The van der Waals surface area contributed by atoms with Gasteiger partial charge in [0.25, 0.3) is 0 Å². The van der Waals surface area contributed by atoms with Gasteiger partial charge in [0.15, 0.2) is 0 Å². The molecule has 0 aliphatic heterocycles. The summed E-state index contributed by atoms with van der Waals surface area (Å²) < 4.78 is 14.9. The topological polar surface area (TPSA) is 50.9 Å². The van der Waals surface area contributed by atoms with Crippen LogP contribution in [0, 0.1) is 5.82 Å². The second-order valence-corrected chi connectivity index (χ2v) is 3.62. The van der Waals surface area contributed by atoms with Gasteiger partial charge in [0.05, 0.1) is 11.8 Å². The molecule has 0 aliphatic rings. The van der Waals surface area contributed by atoms with Gasteiger partial charge in [0, 0.05) is 25.2 Å². The van der Waals surface area contributed by atoms with Crippen molar-refractivity contribution in [2.45, 2.75) is 12.5 Å². The Balaban J connectivity index is 2.14. The fourth-order valence-electron chi connectivity index (χ4n) is 1.54. The molecule has 1 atom stereocenters. The van der Waals surface area contributed by atoms with E-state index < -0.39 is 11.9 Å². The van der Waals surface area contributed by atoms with Crippen LogP contribution in [0.15, 0.2) is 30.5 Å². The first-order valence-electron chi connectivity index (χ1n) is 4.94. The fourth-order valence-corrected chi connectivity index (χ4v) is 1.54. The van der Waals surface area contributed by atoms with Gasteiger partial charge in [-0.15, -0.1) is 5.10 Å². The molecule has 0 bridgehead atoms. The van der Waals surface area contributed by atoms with Crippen LogP contribution in [0.1, 0.15) is 17.4 Å². The van der Waals surface area contributed by atoms with Gasteiger partial charge in [0.1, 0.15) is 5.82 Å². The molecule has 2 aromatic rings. The molecule has 0 amide bonds. The molecule has 16 heavy (non-hydrogen) atoms. The second-order valence-electron chi connectivity index (χ2n) is 3.62. The standard InChI is InChI=1S/C11H12FN3O/c1-15-7-8(13-14-15)6-11(16)9-4-2-3-5-10(9)12/h2-5,7,11,16H,6H2,1H3. The highest BCUT2D eigenvalue weighted by molar-refractivity contribution is 5.20. The van der Waals surface area contributed by atoms with Crippen molar-refractivity contribution < 1.29 is 9.50 Å². The summed E-state index contributed by atoms with van der Waals surface area (Å²) in [7, 11) is 1.74. The van der Waals surface area contributed by atoms with Crippen molar-refractivity contribution in [3.8, 4) is 0 Å². The van der Waals surface area contributed by atoms with Gasteiger partial charge < -0.3 is 5.11 Å². The summed E-state index contributed by atoms with van der Waals surface area (Å²) in [5, 5.41) is 17.4. The van der Waals surface area contributed by atoms with Gasteiger partial charge in [-0.1, -0.05) is 23.4 Å². The quantitative estimate of drug-likeness (QED) is 0.848. The van der Waals surface area contributed by atoms with Crippen molar-refractivity contribution in [3.63, 3.8) is 0 Å². The lowest BCUT2D eigenvalue weighted by molar-refractivity contribution is 0.172. The summed E-state index contributed by atoms with van der Waals surface area (Å²) in [5.74, 6) is -0.404. The predicted octanol–water partition coefficient (Wildman–Crippen LogP) is 1.23. The number of halogens is 1. The Morgan fingerprint density at radius 1 is 1.44 bits per heavy atom. The highest BCUT2D eigenvalue weighted by Gasteiger charge is 2.14. The number of hydrogen-bond donors (Lipinski definition) is 1. The lowest BCUT2D eigenvalue weighted by atomic mass is 10.0. The van der Waals surface area contributed by atoms with Crippen LogP contribution in [0.4, 0.5) is 4.39 Å². The van der Waals surface area contributed by atoms with E-state index in [9.17, 15) is 9.50 Å². The van der Waals surface area contributed by atoms with Crippen LogP contribution in [0.25, 0.3) is 0 Å². The predicted molar refractivity (Wildman–Crippen MR) is 56.1 cm³/mol. The molecule has 0 fully saturated rings. The third kappa shape index (κ3) is 2.25. The summed E-state index contributed by atoms with van der Waals surface area (Å²) in [5.41, 5.74) is 0.923. The van der Waals surface area contributed by atoms with E-state index in [4.69, 9.17) is 0 Å². The molecular weight excluding hydrogens is 209 g/mol. The molecule has 0 saturated carbocycles. The molecule has 1 aromatic carbocycles. The minimum Gasteiger partial charge on any atom is -0.388 e. The summed E-state index contributed by atoms with van der Waals surface area (Å²) in [6.45, 7) is 0. The number of aromatic nitrogens is 3. The van der Waals surface area contributed by atoms with E-state index in [1.807, 2.05) is 0 Å². The molecule has 0 radical (unpaired) electrons. The van der Waals surface area contributed by atoms with E-state index in [0.29, 0.717) is 5.69 Å². The van der Waals surface area contributed by atoms with E-state index in [2.05, 4.69) is 10.3 Å². The number of hydrogen-bond acceptors (Lipinski definition) is 3. The maximum Gasteiger partial charge on any atom is 0.129 e. The largest absolute Gasteiger partial charge is 0.388 e. The van der Waals surface area contributed by atoms with Crippen LogP contribution in [-0.4, -0.2) is 20.1 Å². The molecule has 0 saturated heterocycles. The molecule has 2 rings (SSSR count). The Morgan fingerprint density at radius 3 is 2.81 bits per heavy atom. The zero-order chi connectivity index (χ0) is 11.5. The van der Waals surface area contributed by atoms with Crippen LogP contribution in [0.3, 0.4) is 0 Å². The number of benzene rings is 1. The molecule has 1 N–H and O–H groups in total. The fraction of sp³-hybridized carbons (Fsp3) is 0.273. The lowest BCUT2D eigenvalue weighted by Crippen LogP contribution is -2.04. The molecule has 0 spiro atoms. The number of nitrogens with zero attached hydrogens (tertiary/aromatic N) is 3. The SMILES string of the molecule is Cn1cc(CC(O)c2ccccc2F)nn1. The van der Waals surface area contributed by atoms with Crippen LogP contribution in [0.5, 0.6) is 0 Å². The normalized spacial score (nSPS) is 12.7. The Bertz CT molecular complexity index is 484. The van der Waals surface area contributed by atoms with Crippen molar-refractivity contribution in [3.05, 3.63) is 47.5 Å². The zero-order valence-electron chi connectivity index (χ0n) is 8.84. The van der Waals surface area contributed by atoms with Crippen LogP contribution >= 0.6 is 0 Å². The first kappa shape index (κ1) is 10.8. The zero-order valence-corrected chi connectivity index (χ0v) is 8.84. The van der Waals surface area contributed by atoms with Crippen molar-refractivity contribution in [1.82, 2.24) is 15.0 Å². The van der Waals surface area contributed by atoms with E-state index in [-0.39, 0.29) is 12.0 Å². The third-order valence-electron chi connectivity index (χ3n) is 2.32. The summed E-state index contributed by atoms with van der Waals surface area (Å²) in [6.07, 6.45) is 1.07. The average molecular weight is 221 g/mol. The monoisotopic (exact) mass is 221 g/mol. The van der Waals surface area contributed by atoms with E-state index in [1.165, 1.54) is 6.07 Å². The van der Waals surface area contributed by atoms with Gasteiger partial charge in [-0.2, -0.15) is 0 Å². The Kier molecular flexibility index (Phi) is 2.96. The molecule has 5 heteroatoms. The smallest absolute Gasteiger partial charge is 0.129 e. The summed E-state index contributed by atoms with van der Waals surface area (Å²) in [6, 6.07) is 6.18. The number of aryl methyl sites for hydroxylation is 1. The molecule has 1 aromatic heterocycles. The molecular formula is C11H12FN3O. The minimum atomic E-state index is -0.891. The second kappa shape index (κ2) is 4.40. The number of aliphatic hydroxyl groups excluding tert-OH is 1.